The molecule has 32 heavy (non-hydrogen) atoms. The molecule has 0 spiro atoms. The molecule has 2 aromatic carbocycles. The Balaban J connectivity index is 2.14. The fraction of sp³-hybridized carbons (Fsp3) is 0.360. The summed E-state index contributed by atoms with van der Waals surface area (Å²) in [6.45, 7) is 11.1. The lowest BCUT2D eigenvalue weighted by atomic mass is 9.97. The summed E-state index contributed by atoms with van der Waals surface area (Å²) in [6.07, 6.45) is 0.519. The zero-order valence-corrected chi connectivity index (χ0v) is 20.2. The van der Waals surface area contributed by atoms with Crippen LogP contribution in [0.25, 0.3) is 0 Å². The van der Waals surface area contributed by atoms with Gasteiger partial charge in [0.1, 0.15) is 0 Å². The molecule has 1 aromatic heterocycles. The fourth-order valence-corrected chi connectivity index (χ4v) is 5.09. The van der Waals surface area contributed by atoms with Gasteiger partial charge in [0.2, 0.25) is 15.7 Å². The highest BCUT2D eigenvalue weighted by atomic mass is 32.2. The minimum absolute atomic E-state index is 0.0463. The molecule has 0 fully saturated rings. The van der Waals surface area contributed by atoms with E-state index < -0.39 is 27.3 Å². The number of hydrogen-bond acceptors (Lipinski definition) is 5. The second-order valence-corrected chi connectivity index (χ2v) is 10.8. The zero-order valence-electron chi connectivity index (χ0n) is 19.4. The van der Waals surface area contributed by atoms with Gasteiger partial charge < -0.3 is 4.74 Å². The topological polar surface area (TPSA) is 78.3 Å². The molecule has 1 atom stereocenters. The first-order valence-corrected chi connectivity index (χ1v) is 12.1. The van der Waals surface area contributed by atoms with Crippen molar-refractivity contribution in [3.63, 3.8) is 0 Å². The number of aryl methyl sites for hydroxylation is 2. The van der Waals surface area contributed by atoms with Crippen LogP contribution in [0.3, 0.4) is 0 Å². The third kappa shape index (κ3) is 4.63. The van der Waals surface area contributed by atoms with Gasteiger partial charge in [-0.3, -0.25) is 4.79 Å². The van der Waals surface area contributed by atoms with Gasteiger partial charge >= 0.3 is 5.97 Å². The Labute approximate surface area is 190 Å². The molecular formula is C25H30N2O4S. The average Bonchev–Trinajstić information content (AvgIpc) is 3.06. The summed E-state index contributed by atoms with van der Waals surface area (Å²) >= 11 is 0. The van der Waals surface area contributed by atoms with Gasteiger partial charge in [-0.2, -0.15) is 5.10 Å². The summed E-state index contributed by atoms with van der Waals surface area (Å²) in [6, 6.07) is 15.9. The summed E-state index contributed by atoms with van der Waals surface area (Å²) in [5, 5.41) is 4.46. The normalized spacial score (nSPS) is 13.1. The van der Waals surface area contributed by atoms with Gasteiger partial charge in [-0.05, 0) is 58.7 Å². The maximum Gasteiger partial charge on any atom is 0.320 e. The molecule has 170 valence electrons. The summed E-state index contributed by atoms with van der Waals surface area (Å²) in [5.74, 6) is -1.07. The highest BCUT2D eigenvalue weighted by molar-refractivity contribution is 7.91. The molecule has 0 aliphatic heterocycles. The molecule has 0 amide bonds. The van der Waals surface area contributed by atoms with Gasteiger partial charge in [0, 0.05) is 0 Å². The first-order valence-electron chi connectivity index (χ1n) is 10.6. The standard InChI is InChI=1S/C25H30N2O4S/c1-7-21(19-11-9-8-10-12-19)24(28)31-23-22(18(3)26-27(23)25(4,5)6)32(29,30)20-15-13-17(2)14-16-20/h8-16,21H,7H2,1-6H3. The molecule has 3 rings (SSSR count). The first kappa shape index (κ1) is 23.7. The number of hydrogen-bond donors (Lipinski definition) is 0. The van der Waals surface area contributed by atoms with Crippen LogP contribution in [0, 0.1) is 13.8 Å². The largest absolute Gasteiger partial charge is 0.406 e. The third-order valence-corrected chi connectivity index (χ3v) is 7.19. The molecule has 3 aromatic rings. The van der Waals surface area contributed by atoms with Crippen LogP contribution in [0.4, 0.5) is 0 Å². The molecule has 6 nitrogen and oxygen atoms in total. The van der Waals surface area contributed by atoms with Gasteiger partial charge in [0.25, 0.3) is 0 Å². The second kappa shape index (κ2) is 8.90. The summed E-state index contributed by atoms with van der Waals surface area (Å²) in [7, 11) is -3.96. The van der Waals surface area contributed by atoms with Crippen molar-refractivity contribution >= 4 is 15.8 Å². The monoisotopic (exact) mass is 454 g/mol. The maximum atomic E-state index is 13.6. The van der Waals surface area contributed by atoms with Gasteiger partial charge in [0.15, 0.2) is 4.90 Å². The van der Waals surface area contributed by atoms with Crippen molar-refractivity contribution in [3.05, 3.63) is 71.4 Å². The van der Waals surface area contributed by atoms with E-state index in [0.29, 0.717) is 6.42 Å². The SMILES string of the molecule is CCC(C(=O)Oc1c(S(=O)(=O)c2ccc(C)cc2)c(C)nn1C(C)(C)C)c1ccccc1. The van der Waals surface area contributed by atoms with Crippen molar-refractivity contribution in [1.29, 1.82) is 0 Å². The third-order valence-electron chi connectivity index (χ3n) is 5.29. The molecule has 7 heteroatoms. The van der Waals surface area contributed by atoms with Gasteiger partial charge in [-0.15, -0.1) is 0 Å². The lowest BCUT2D eigenvalue weighted by Crippen LogP contribution is -2.27. The van der Waals surface area contributed by atoms with Crippen molar-refractivity contribution in [1.82, 2.24) is 9.78 Å². The van der Waals surface area contributed by atoms with Crippen molar-refractivity contribution in [3.8, 4) is 5.88 Å². The number of nitrogens with zero attached hydrogens (tertiary/aromatic N) is 2. The minimum Gasteiger partial charge on any atom is -0.406 e. The van der Waals surface area contributed by atoms with E-state index in [2.05, 4.69) is 5.10 Å². The Kier molecular flexibility index (Phi) is 6.60. The Hall–Kier alpha value is -2.93. The number of sulfone groups is 1. The van der Waals surface area contributed by atoms with E-state index in [1.165, 1.54) is 4.68 Å². The van der Waals surface area contributed by atoms with Gasteiger partial charge in [-0.25, -0.2) is 13.1 Å². The highest BCUT2D eigenvalue weighted by Gasteiger charge is 2.35. The minimum atomic E-state index is -3.96. The van der Waals surface area contributed by atoms with E-state index in [4.69, 9.17) is 4.74 Å². The lowest BCUT2D eigenvalue weighted by Gasteiger charge is -2.23. The van der Waals surface area contributed by atoms with E-state index in [1.54, 1.807) is 31.2 Å². The number of carbonyl (C=O) groups is 1. The van der Waals surface area contributed by atoms with E-state index >= 15 is 0 Å². The number of ether oxygens (including phenoxy) is 1. The Morgan fingerprint density at radius 3 is 2.16 bits per heavy atom. The molecule has 0 radical (unpaired) electrons. The molecule has 0 bridgehead atoms. The fourth-order valence-electron chi connectivity index (χ4n) is 3.57. The van der Waals surface area contributed by atoms with Crippen molar-refractivity contribution < 1.29 is 17.9 Å². The van der Waals surface area contributed by atoms with Crippen LogP contribution in [0.5, 0.6) is 5.88 Å². The molecular weight excluding hydrogens is 424 g/mol. The van der Waals surface area contributed by atoms with Crippen molar-refractivity contribution in [2.75, 3.05) is 0 Å². The molecule has 1 unspecified atom stereocenters. The molecule has 0 aliphatic rings. The molecule has 0 N–H and O–H groups in total. The van der Waals surface area contributed by atoms with Crippen LogP contribution in [0.2, 0.25) is 0 Å². The highest BCUT2D eigenvalue weighted by Crippen LogP contribution is 2.37. The summed E-state index contributed by atoms with van der Waals surface area (Å²) in [5.41, 5.74) is 1.46. The lowest BCUT2D eigenvalue weighted by molar-refractivity contribution is -0.137. The number of benzene rings is 2. The maximum absolute atomic E-state index is 13.6. The van der Waals surface area contributed by atoms with Gasteiger partial charge in [-0.1, -0.05) is 55.0 Å². The van der Waals surface area contributed by atoms with Crippen LogP contribution in [-0.2, 0) is 20.2 Å². The molecule has 0 saturated carbocycles. The zero-order chi connectivity index (χ0) is 23.7. The smallest absolute Gasteiger partial charge is 0.320 e. The van der Waals surface area contributed by atoms with Crippen LogP contribution in [0.15, 0.2) is 64.4 Å². The van der Waals surface area contributed by atoms with Crippen LogP contribution in [-0.4, -0.2) is 24.2 Å². The predicted molar refractivity (Wildman–Crippen MR) is 124 cm³/mol. The summed E-state index contributed by atoms with van der Waals surface area (Å²) < 4.78 is 34.5. The quantitative estimate of drug-likeness (QED) is 0.479. The van der Waals surface area contributed by atoms with E-state index in [9.17, 15) is 13.2 Å². The van der Waals surface area contributed by atoms with Crippen LogP contribution >= 0.6 is 0 Å². The number of rotatable bonds is 6. The Morgan fingerprint density at radius 2 is 1.62 bits per heavy atom. The predicted octanol–water partition coefficient (Wildman–Crippen LogP) is 5.19. The van der Waals surface area contributed by atoms with Crippen LogP contribution < -0.4 is 4.74 Å². The average molecular weight is 455 g/mol. The van der Waals surface area contributed by atoms with E-state index in [0.717, 1.165) is 11.1 Å². The second-order valence-electron chi connectivity index (χ2n) is 8.91. The first-order chi connectivity index (χ1) is 15.0. The summed E-state index contributed by atoms with van der Waals surface area (Å²) in [4.78, 5) is 13.3. The Morgan fingerprint density at radius 1 is 1.03 bits per heavy atom. The van der Waals surface area contributed by atoms with E-state index in [-0.39, 0.29) is 21.4 Å². The molecule has 1 heterocycles. The number of carbonyl (C=O) groups excluding carboxylic acids is 1. The van der Waals surface area contributed by atoms with E-state index in [1.807, 2.05) is 65.0 Å². The number of esters is 1. The molecule has 0 saturated heterocycles. The Bertz CT molecular complexity index is 1210. The molecule has 0 aliphatic carbocycles. The van der Waals surface area contributed by atoms with Crippen LogP contribution in [0.1, 0.15) is 56.9 Å². The number of aromatic nitrogens is 2. The van der Waals surface area contributed by atoms with Crippen molar-refractivity contribution in [2.24, 2.45) is 0 Å². The van der Waals surface area contributed by atoms with Crippen molar-refractivity contribution in [2.45, 2.75) is 69.2 Å². The van der Waals surface area contributed by atoms with Gasteiger partial charge in [0.05, 0.1) is 22.0 Å².